The number of carbonyl (C=O) groups is 2. The number of carboxylic acids is 1. The molecule has 35 heavy (non-hydrogen) atoms. The van der Waals surface area contributed by atoms with Gasteiger partial charge in [0.2, 0.25) is 0 Å². The van der Waals surface area contributed by atoms with E-state index in [1.54, 1.807) is 12.1 Å². The summed E-state index contributed by atoms with van der Waals surface area (Å²) in [5.41, 5.74) is 2.31. The monoisotopic (exact) mass is 522 g/mol. The number of rotatable bonds is 6. The molecule has 0 fully saturated rings. The zero-order chi connectivity index (χ0) is 25.3. The summed E-state index contributed by atoms with van der Waals surface area (Å²) in [6.07, 6.45) is 1.23. The van der Waals surface area contributed by atoms with Crippen LogP contribution in [0.4, 0.5) is 18.9 Å². The quantitative estimate of drug-likeness (QED) is 0.378. The van der Waals surface area contributed by atoms with Crippen molar-refractivity contribution in [2.75, 3.05) is 11.9 Å². The number of amides is 1. The van der Waals surface area contributed by atoms with Crippen LogP contribution < -0.4 is 10.6 Å². The number of fused-ring (bicyclic) bond motifs is 1. The van der Waals surface area contributed by atoms with Gasteiger partial charge in [0.25, 0.3) is 5.91 Å². The third kappa shape index (κ3) is 5.09. The predicted octanol–water partition coefficient (Wildman–Crippen LogP) is 5.86. The summed E-state index contributed by atoms with van der Waals surface area (Å²) < 4.78 is 41.7. The lowest BCUT2D eigenvalue weighted by molar-refractivity contribution is -0.139. The van der Waals surface area contributed by atoms with Crippen molar-refractivity contribution in [1.82, 2.24) is 5.32 Å². The average molecular weight is 523 g/mol. The third-order valence-corrected chi connectivity index (χ3v) is 6.40. The summed E-state index contributed by atoms with van der Waals surface area (Å²) in [5, 5.41) is 15.5. The number of anilines is 1. The highest BCUT2D eigenvalue weighted by Gasteiger charge is 2.28. The second kappa shape index (κ2) is 10.2. The maximum atomic E-state index is 14.0. The van der Waals surface area contributed by atoms with Crippen molar-refractivity contribution in [2.24, 2.45) is 0 Å². The summed E-state index contributed by atoms with van der Waals surface area (Å²) in [7, 11) is 0. The Morgan fingerprint density at radius 2 is 1.71 bits per heavy atom. The second-order valence-electron chi connectivity index (χ2n) is 8.07. The summed E-state index contributed by atoms with van der Waals surface area (Å²) in [4.78, 5) is 24.4. The smallest absolute Gasteiger partial charge is 0.326 e. The van der Waals surface area contributed by atoms with Gasteiger partial charge in [0.15, 0.2) is 0 Å². The molecular formula is C25H19Cl2F3N2O3. The van der Waals surface area contributed by atoms with E-state index < -0.39 is 40.9 Å². The van der Waals surface area contributed by atoms with Gasteiger partial charge in [0, 0.05) is 29.8 Å². The first-order chi connectivity index (χ1) is 16.7. The molecule has 0 spiro atoms. The van der Waals surface area contributed by atoms with E-state index in [1.165, 1.54) is 0 Å². The predicted molar refractivity (Wildman–Crippen MR) is 128 cm³/mol. The molecule has 0 aromatic heterocycles. The molecule has 0 saturated heterocycles. The fraction of sp³-hybridized carbons (Fsp3) is 0.200. The van der Waals surface area contributed by atoms with E-state index in [2.05, 4.69) is 10.6 Å². The SMILES string of the molecule is O=C(N[C@@H](Cc1ccc(-c2c(Cl)cc(F)cc2Cl)c2c1CCCN2)C(=O)O)c1c(F)cccc1F. The summed E-state index contributed by atoms with van der Waals surface area (Å²) >= 11 is 12.6. The van der Waals surface area contributed by atoms with Crippen molar-refractivity contribution in [3.63, 3.8) is 0 Å². The highest BCUT2D eigenvalue weighted by Crippen LogP contribution is 2.43. The van der Waals surface area contributed by atoms with E-state index in [0.717, 1.165) is 42.3 Å². The number of hydrogen-bond acceptors (Lipinski definition) is 3. The molecule has 1 aliphatic heterocycles. The highest BCUT2D eigenvalue weighted by molar-refractivity contribution is 6.39. The van der Waals surface area contributed by atoms with Gasteiger partial charge >= 0.3 is 5.97 Å². The Labute approximate surface area is 208 Å². The van der Waals surface area contributed by atoms with Crippen LogP contribution >= 0.6 is 23.2 Å². The van der Waals surface area contributed by atoms with Crippen LogP contribution in [0.25, 0.3) is 11.1 Å². The Hall–Kier alpha value is -3.23. The number of carboxylic acid groups (broad SMARTS) is 1. The number of halogens is 5. The van der Waals surface area contributed by atoms with Gasteiger partial charge in [-0.1, -0.05) is 41.4 Å². The van der Waals surface area contributed by atoms with E-state index in [4.69, 9.17) is 23.2 Å². The van der Waals surface area contributed by atoms with E-state index in [1.807, 2.05) is 0 Å². The first-order valence-corrected chi connectivity index (χ1v) is 11.4. The molecule has 1 atom stereocenters. The lowest BCUT2D eigenvalue weighted by atomic mass is 9.88. The molecule has 0 saturated carbocycles. The molecular weight excluding hydrogens is 504 g/mol. The minimum atomic E-state index is -1.45. The van der Waals surface area contributed by atoms with Gasteiger partial charge in [-0.05, 0) is 48.2 Å². The van der Waals surface area contributed by atoms with Crippen LogP contribution in [0, 0.1) is 17.5 Å². The van der Waals surface area contributed by atoms with Gasteiger partial charge in [-0.2, -0.15) is 0 Å². The van der Waals surface area contributed by atoms with Crippen LogP contribution in [0.1, 0.15) is 27.9 Å². The zero-order valence-electron chi connectivity index (χ0n) is 18.1. The van der Waals surface area contributed by atoms with Crippen LogP contribution in [0.15, 0.2) is 42.5 Å². The Kier molecular flexibility index (Phi) is 7.23. The Morgan fingerprint density at radius 3 is 2.34 bits per heavy atom. The molecule has 5 nitrogen and oxygen atoms in total. The molecule has 182 valence electrons. The van der Waals surface area contributed by atoms with Crippen molar-refractivity contribution in [2.45, 2.75) is 25.3 Å². The highest BCUT2D eigenvalue weighted by atomic mass is 35.5. The van der Waals surface area contributed by atoms with E-state index >= 15 is 0 Å². The number of carbonyl (C=O) groups excluding carboxylic acids is 1. The average Bonchev–Trinajstić information content (AvgIpc) is 2.79. The van der Waals surface area contributed by atoms with Crippen LogP contribution in [0.5, 0.6) is 0 Å². The lowest BCUT2D eigenvalue weighted by Gasteiger charge is -2.26. The van der Waals surface area contributed by atoms with Crippen LogP contribution in [-0.2, 0) is 17.6 Å². The molecule has 0 unspecified atom stereocenters. The van der Waals surface area contributed by atoms with Crippen molar-refractivity contribution in [3.05, 3.63) is 86.7 Å². The Balaban J connectivity index is 1.69. The normalized spacial score (nSPS) is 13.5. The Morgan fingerprint density at radius 1 is 1.06 bits per heavy atom. The van der Waals surface area contributed by atoms with Gasteiger partial charge in [0.05, 0.1) is 10.0 Å². The molecule has 3 N–H and O–H groups in total. The molecule has 3 aromatic rings. The largest absolute Gasteiger partial charge is 0.480 e. The van der Waals surface area contributed by atoms with E-state index in [0.29, 0.717) is 35.3 Å². The number of aliphatic carboxylic acids is 1. The van der Waals surface area contributed by atoms with Gasteiger partial charge in [-0.25, -0.2) is 18.0 Å². The van der Waals surface area contributed by atoms with E-state index in [-0.39, 0.29) is 16.5 Å². The molecule has 1 amide bonds. The lowest BCUT2D eigenvalue weighted by Crippen LogP contribution is -2.43. The first-order valence-electron chi connectivity index (χ1n) is 10.7. The van der Waals surface area contributed by atoms with Gasteiger partial charge < -0.3 is 15.7 Å². The van der Waals surface area contributed by atoms with Crippen molar-refractivity contribution >= 4 is 40.8 Å². The summed E-state index contributed by atoms with van der Waals surface area (Å²) in [6.45, 7) is 0.644. The molecule has 0 bridgehead atoms. The van der Waals surface area contributed by atoms with Crippen LogP contribution in [0.3, 0.4) is 0 Å². The van der Waals surface area contributed by atoms with Gasteiger partial charge in [-0.3, -0.25) is 4.79 Å². The first kappa shape index (κ1) is 24.9. The van der Waals surface area contributed by atoms with Gasteiger partial charge in [-0.15, -0.1) is 0 Å². The fourth-order valence-electron chi connectivity index (χ4n) is 4.22. The minimum Gasteiger partial charge on any atom is -0.480 e. The standard InChI is InChI=1S/C25H19Cl2F3N2O3/c26-16-10-13(28)11-17(27)21(16)15-7-6-12(14-3-2-8-31-23(14)15)9-20(25(34)35)32-24(33)22-18(29)4-1-5-19(22)30/h1,4-7,10-11,20,31H,2-3,8-9H2,(H,32,33)(H,34,35)/t20-/m0/s1. The maximum Gasteiger partial charge on any atom is 0.326 e. The second-order valence-corrected chi connectivity index (χ2v) is 8.88. The van der Waals surface area contributed by atoms with Crippen molar-refractivity contribution in [3.8, 4) is 11.1 Å². The molecule has 10 heteroatoms. The minimum absolute atomic E-state index is 0.125. The Bertz CT molecular complexity index is 1290. The van der Waals surface area contributed by atoms with E-state index in [9.17, 15) is 27.9 Å². The molecule has 4 rings (SSSR count). The van der Waals surface area contributed by atoms with Crippen molar-refractivity contribution in [1.29, 1.82) is 0 Å². The fourth-order valence-corrected chi connectivity index (χ4v) is 4.89. The van der Waals surface area contributed by atoms with Crippen LogP contribution in [-0.4, -0.2) is 29.6 Å². The zero-order valence-corrected chi connectivity index (χ0v) is 19.6. The topological polar surface area (TPSA) is 78.4 Å². The summed E-state index contributed by atoms with van der Waals surface area (Å²) in [5.74, 6) is -5.28. The molecule has 0 aliphatic carbocycles. The summed E-state index contributed by atoms with van der Waals surface area (Å²) in [6, 6.07) is 7.18. The molecule has 0 radical (unpaired) electrons. The maximum absolute atomic E-state index is 14.0. The molecule has 3 aromatic carbocycles. The van der Waals surface area contributed by atoms with Gasteiger partial charge in [0.1, 0.15) is 29.1 Å². The molecule has 1 heterocycles. The number of hydrogen-bond donors (Lipinski definition) is 3. The van der Waals surface area contributed by atoms with Crippen molar-refractivity contribution < 1.29 is 27.9 Å². The number of nitrogens with one attached hydrogen (secondary N) is 2. The number of benzene rings is 3. The third-order valence-electron chi connectivity index (χ3n) is 5.81. The van der Waals surface area contributed by atoms with Crippen LogP contribution in [0.2, 0.25) is 10.0 Å². The molecule has 1 aliphatic rings.